The quantitative estimate of drug-likeness (QED) is 0.805. The van der Waals surface area contributed by atoms with E-state index in [0.717, 1.165) is 17.9 Å². The number of aryl methyl sites for hydroxylation is 2. The van der Waals surface area contributed by atoms with Crippen molar-refractivity contribution in [1.82, 2.24) is 4.98 Å². The zero-order chi connectivity index (χ0) is 14.3. The first-order valence-corrected chi connectivity index (χ1v) is 6.79. The molecule has 3 rings (SSSR count). The molecule has 0 radical (unpaired) electrons. The van der Waals surface area contributed by atoms with E-state index in [9.17, 15) is 0 Å². The van der Waals surface area contributed by atoms with Crippen molar-refractivity contribution in [3.8, 4) is 0 Å². The highest BCUT2D eigenvalue weighted by Gasteiger charge is 2.17. The summed E-state index contributed by atoms with van der Waals surface area (Å²) < 4.78 is 0. The average molecular weight is 265 g/mol. The number of aromatic nitrogens is 1. The van der Waals surface area contributed by atoms with Crippen molar-refractivity contribution in [3.63, 3.8) is 0 Å². The summed E-state index contributed by atoms with van der Waals surface area (Å²) in [5.74, 6) is 0. The molecule has 20 heavy (non-hydrogen) atoms. The molecule has 2 heterocycles. The second-order valence-corrected chi connectivity index (χ2v) is 5.48. The third-order valence-corrected chi connectivity index (χ3v) is 3.80. The lowest BCUT2D eigenvalue weighted by Gasteiger charge is -2.28. The molecular weight excluding hydrogens is 246 g/mol. The molecule has 102 valence electrons. The van der Waals surface area contributed by atoms with Gasteiger partial charge in [-0.05, 0) is 54.8 Å². The van der Waals surface area contributed by atoms with Crippen molar-refractivity contribution in [2.24, 2.45) is 0 Å². The topological polar surface area (TPSA) is 42.1 Å². The molecule has 2 aromatic rings. The number of nitrogens with two attached hydrogens (primary N) is 1. The van der Waals surface area contributed by atoms with Gasteiger partial charge in [0.2, 0.25) is 0 Å². The number of hydrogen-bond donors (Lipinski definition) is 1. The monoisotopic (exact) mass is 265 g/mol. The Balaban J connectivity index is 2.12. The minimum absolute atomic E-state index is 0.807. The summed E-state index contributed by atoms with van der Waals surface area (Å²) in [4.78, 5) is 6.66. The smallest absolute Gasteiger partial charge is 0.0474 e. The van der Waals surface area contributed by atoms with Gasteiger partial charge >= 0.3 is 0 Å². The van der Waals surface area contributed by atoms with E-state index < -0.39 is 0 Å². The van der Waals surface area contributed by atoms with E-state index in [-0.39, 0.29) is 0 Å². The summed E-state index contributed by atoms with van der Waals surface area (Å²) in [6, 6.07) is 8.22. The van der Waals surface area contributed by atoms with E-state index in [0.29, 0.717) is 0 Å². The lowest BCUT2D eigenvalue weighted by atomic mass is 9.94. The fourth-order valence-corrected chi connectivity index (χ4v) is 2.72. The first-order valence-electron chi connectivity index (χ1n) is 6.79. The van der Waals surface area contributed by atoms with Gasteiger partial charge in [-0.15, -0.1) is 0 Å². The van der Waals surface area contributed by atoms with Gasteiger partial charge in [-0.25, -0.2) is 0 Å². The Bertz CT molecular complexity index is 701. The van der Waals surface area contributed by atoms with Crippen LogP contribution in [-0.4, -0.2) is 18.6 Å². The summed E-state index contributed by atoms with van der Waals surface area (Å²) in [5.41, 5.74) is 14.0. The van der Waals surface area contributed by atoms with E-state index in [1.165, 1.54) is 28.0 Å². The van der Waals surface area contributed by atoms with E-state index in [2.05, 4.69) is 48.1 Å². The Morgan fingerprint density at radius 1 is 1.20 bits per heavy atom. The number of nitrogens with zero attached hydrogens (tertiary/aromatic N) is 2. The van der Waals surface area contributed by atoms with Crippen LogP contribution < -0.4 is 10.6 Å². The van der Waals surface area contributed by atoms with Crippen molar-refractivity contribution in [2.45, 2.75) is 13.8 Å². The molecule has 0 spiro atoms. The molecule has 3 nitrogen and oxygen atoms in total. The van der Waals surface area contributed by atoms with E-state index in [1.54, 1.807) is 0 Å². The van der Waals surface area contributed by atoms with Gasteiger partial charge in [0.25, 0.3) is 0 Å². The maximum atomic E-state index is 5.93. The predicted octanol–water partition coefficient (Wildman–Crippen LogP) is 3.27. The zero-order valence-corrected chi connectivity index (χ0v) is 12.1. The number of rotatable bonds is 1. The second-order valence-electron chi connectivity index (χ2n) is 5.48. The van der Waals surface area contributed by atoms with E-state index >= 15 is 0 Å². The molecule has 3 heteroatoms. The van der Waals surface area contributed by atoms with Crippen molar-refractivity contribution >= 4 is 23.0 Å². The van der Waals surface area contributed by atoms with Crippen molar-refractivity contribution < 1.29 is 0 Å². The van der Waals surface area contributed by atoms with Crippen LogP contribution in [0.1, 0.15) is 22.4 Å². The zero-order valence-electron chi connectivity index (χ0n) is 12.1. The summed E-state index contributed by atoms with van der Waals surface area (Å²) in [5, 5.41) is 0. The van der Waals surface area contributed by atoms with Crippen LogP contribution >= 0.6 is 0 Å². The number of nitrogen functional groups attached to an aromatic ring is 1. The van der Waals surface area contributed by atoms with Crippen molar-refractivity contribution in [1.29, 1.82) is 0 Å². The molecule has 0 atom stereocenters. The van der Waals surface area contributed by atoms with E-state index in [4.69, 9.17) is 5.73 Å². The van der Waals surface area contributed by atoms with Crippen LogP contribution in [0.25, 0.3) is 11.6 Å². The highest BCUT2D eigenvalue weighted by molar-refractivity contribution is 5.92. The van der Waals surface area contributed by atoms with Crippen LogP contribution in [0.15, 0.2) is 30.5 Å². The Morgan fingerprint density at radius 2 is 2.00 bits per heavy atom. The Morgan fingerprint density at radius 3 is 2.80 bits per heavy atom. The molecule has 1 aromatic heterocycles. The molecular formula is C17H19N3. The molecule has 0 fully saturated rings. The van der Waals surface area contributed by atoms with Crippen LogP contribution in [0.3, 0.4) is 0 Å². The Hall–Kier alpha value is -2.29. The fourth-order valence-electron chi connectivity index (χ4n) is 2.72. The highest BCUT2D eigenvalue weighted by Crippen LogP contribution is 2.33. The number of hydrogen-bond acceptors (Lipinski definition) is 3. The third-order valence-electron chi connectivity index (χ3n) is 3.80. The molecule has 2 N–H and O–H groups in total. The fraction of sp³-hybridized carbons (Fsp3) is 0.235. The summed E-state index contributed by atoms with van der Waals surface area (Å²) >= 11 is 0. The number of anilines is 2. The summed E-state index contributed by atoms with van der Waals surface area (Å²) in [7, 11) is 2.12. The van der Waals surface area contributed by atoms with Crippen LogP contribution in [-0.2, 0) is 0 Å². The molecule has 0 aliphatic carbocycles. The Kier molecular flexibility index (Phi) is 2.97. The normalized spacial score (nSPS) is 13.9. The first-order chi connectivity index (χ1) is 9.54. The predicted molar refractivity (Wildman–Crippen MR) is 85.7 cm³/mol. The molecule has 1 aliphatic heterocycles. The van der Waals surface area contributed by atoms with Gasteiger partial charge in [-0.3, -0.25) is 4.98 Å². The van der Waals surface area contributed by atoms with E-state index in [1.807, 2.05) is 19.2 Å². The van der Waals surface area contributed by atoms with Gasteiger partial charge in [-0.2, -0.15) is 0 Å². The average Bonchev–Trinajstić information content (AvgIpc) is 2.42. The largest absolute Gasteiger partial charge is 0.399 e. The van der Waals surface area contributed by atoms with Crippen molar-refractivity contribution in [2.75, 3.05) is 24.2 Å². The minimum atomic E-state index is 0.807. The summed E-state index contributed by atoms with van der Waals surface area (Å²) in [6.45, 7) is 5.04. The lowest BCUT2D eigenvalue weighted by molar-refractivity contribution is 1.01. The highest BCUT2D eigenvalue weighted by atomic mass is 15.1. The molecule has 0 bridgehead atoms. The van der Waals surface area contributed by atoms with Gasteiger partial charge in [-0.1, -0.05) is 6.07 Å². The molecule has 1 aromatic carbocycles. The standard InChI is InChI=1S/C17H19N3/c1-11-4-5-15(18)8-16(11)14-7-13-9-19-12(2)6-17(13)20(3)10-14/h4-9H,10,18H2,1-3H3. The van der Waals surface area contributed by atoms with Gasteiger partial charge in [0.1, 0.15) is 0 Å². The molecule has 0 saturated heterocycles. The molecule has 0 saturated carbocycles. The van der Waals surface area contributed by atoms with Crippen LogP contribution in [0.2, 0.25) is 0 Å². The third kappa shape index (κ3) is 2.16. The van der Waals surface area contributed by atoms with Crippen LogP contribution in [0.4, 0.5) is 11.4 Å². The summed E-state index contributed by atoms with van der Waals surface area (Å²) in [6.07, 6.45) is 4.17. The SMILES string of the molecule is Cc1cc2c(cn1)C=C(c1cc(N)ccc1C)CN2C. The lowest BCUT2D eigenvalue weighted by Crippen LogP contribution is -2.24. The van der Waals surface area contributed by atoms with Gasteiger partial charge < -0.3 is 10.6 Å². The van der Waals surface area contributed by atoms with Gasteiger partial charge in [0.15, 0.2) is 0 Å². The van der Waals surface area contributed by atoms with Crippen LogP contribution in [0, 0.1) is 13.8 Å². The maximum Gasteiger partial charge on any atom is 0.0474 e. The Labute approximate surface area is 119 Å². The second kappa shape index (κ2) is 4.67. The minimum Gasteiger partial charge on any atom is -0.399 e. The number of pyridine rings is 1. The van der Waals surface area contributed by atoms with Crippen LogP contribution in [0.5, 0.6) is 0 Å². The first kappa shape index (κ1) is 12.7. The molecule has 1 aliphatic rings. The molecule has 0 amide bonds. The van der Waals surface area contributed by atoms with Gasteiger partial charge in [0.05, 0.1) is 0 Å². The maximum absolute atomic E-state index is 5.93. The number of fused-ring (bicyclic) bond motifs is 1. The van der Waals surface area contributed by atoms with Gasteiger partial charge in [0, 0.05) is 42.4 Å². The molecule has 0 unspecified atom stereocenters. The van der Waals surface area contributed by atoms with Crippen molar-refractivity contribution in [3.05, 3.63) is 52.8 Å². The number of likely N-dealkylation sites (N-methyl/N-ethyl adjacent to an activating group) is 1. The number of benzene rings is 1.